The molecule has 0 bridgehead atoms. The Balaban J connectivity index is 1.85. The zero-order valence-electron chi connectivity index (χ0n) is 16.2. The molecule has 0 fully saturated rings. The fraction of sp³-hybridized carbons (Fsp3) is 0.333. The molecule has 140 valence electrons. The Bertz CT molecular complexity index is 1060. The van der Waals surface area contributed by atoms with Gasteiger partial charge < -0.3 is 4.42 Å². The molecule has 0 aliphatic heterocycles. The first-order chi connectivity index (χ1) is 12.9. The van der Waals surface area contributed by atoms with Gasteiger partial charge in [-0.3, -0.25) is 9.59 Å². The fourth-order valence-corrected chi connectivity index (χ4v) is 3.46. The van der Waals surface area contributed by atoms with Crippen molar-refractivity contribution >= 4 is 27.7 Å². The molecule has 3 rings (SSSR count). The lowest BCUT2D eigenvalue weighted by molar-refractivity contribution is -0.121. The Morgan fingerprint density at radius 2 is 1.78 bits per heavy atom. The van der Waals surface area contributed by atoms with Gasteiger partial charge in [0, 0.05) is 5.92 Å². The third kappa shape index (κ3) is 4.19. The van der Waals surface area contributed by atoms with Gasteiger partial charge in [-0.05, 0) is 68.9 Å². The summed E-state index contributed by atoms with van der Waals surface area (Å²) in [4.78, 5) is 24.8. The smallest absolute Gasteiger partial charge is 0.200 e. The van der Waals surface area contributed by atoms with Crippen LogP contribution in [0.3, 0.4) is 0 Å². The highest BCUT2D eigenvalue weighted by Gasteiger charge is 2.18. The molecule has 1 aromatic heterocycles. The molecule has 27 heavy (non-hydrogen) atoms. The average molecular weight is 362 g/mol. The largest absolute Gasteiger partial charge is 0.456 e. The highest BCUT2D eigenvalue weighted by molar-refractivity contribution is 5.89. The SMILES string of the molecule is C=C(C)C(C)CC(CCc1ccc2oc3ccccc3c(=O)c2c1)C(C)=O. The van der Waals surface area contributed by atoms with Gasteiger partial charge in [0.25, 0.3) is 0 Å². The van der Waals surface area contributed by atoms with Crippen molar-refractivity contribution in [1.82, 2.24) is 0 Å². The summed E-state index contributed by atoms with van der Waals surface area (Å²) in [7, 11) is 0. The van der Waals surface area contributed by atoms with Gasteiger partial charge in [-0.25, -0.2) is 0 Å². The van der Waals surface area contributed by atoms with Gasteiger partial charge in [0.2, 0.25) is 5.43 Å². The van der Waals surface area contributed by atoms with Crippen LogP contribution in [0.2, 0.25) is 0 Å². The van der Waals surface area contributed by atoms with E-state index >= 15 is 0 Å². The minimum atomic E-state index is -0.00674. The second-order valence-electron chi connectivity index (χ2n) is 7.59. The maximum atomic E-state index is 12.8. The number of ketones is 1. The summed E-state index contributed by atoms with van der Waals surface area (Å²) < 4.78 is 5.86. The molecule has 2 atom stereocenters. The number of hydrogen-bond acceptors (Lipinski definition) is 3. The predicted molar refractivity (Wildman–Crippen MR) is 111 cm³/mol. The number of carbonyl (C=O) groups excluding carboxylic acids is 1. The number of hydrogen-bond donors (Lipinski definition) is 0. The highest BCUT2D eigenvalue weighted by atomic mass is 16.3. The van der Waals surface area contributed by atoms with Crippen LogP contribution in [0.25, 0.3) is 21.9 Å². The van der Waals surface area contributed by atoms with Crippen molar-refractivity contribution in [2.45, 2.75) is 40.0 Å². The van der Waals surface area contributed by atoms with E-state index in [2.05, 4.69) is 13.5 Å². The molecule has 3 nitrogen and oxygen atoms in total. The minimum absolute atomic E-state index is 0.00674. The van der Waals surface area contributed by atoms with E-state index in [0.717, 1.165) is 30.4 Å². The number of Topliss-reactive ketones (excluding diaryl/α,β-unsaturated/α-hetero) is 1. The van der Waals surface area contributed by atoms with Gasteiger partial charge in [0.15, 0.2) is 0 Å². The van der Waals surface area contributed by atoms with Crippen LogP contribution in [0.15, 0.2) is 63.8 Å². The molecule has 0 aliphatic rings. The monoisotopic (exact) mass is 362 g/mol. The summed E-state index contributed by atoms with van der Waals surface area (Å²) in [6.07, 6.45) is 2.36. The van der Waals surface area contributed by atoms with Gasteiger partial charge in [0.1, 0.15) is 16.9 Å². The van der Waals surface area contributed by atoms with Crippen molar-refractivity contribution in [1.29, 1.82) is 0 Å². The van der Waals surface area contributed by atoms with Crippen molar-refractivity contribution in [2.75, 3.05) is 0 Å². The Morgan fingerprint density at radius 1 is 1.07 bits per heavy atom. The number of aryl methyl sites for hydroxylation is 1. The van der Waals surface area contributed by atoms with Gasteiger partial charge in [-0.2, -0.15) is 0 Å². The average Bonchev–Trinajstić information content (AvgIpc) is 2.65. The van der Waals surface area contributed by atoms with Crippen LogP contribution in [0.5, 0.6) is 0 Å². The van der Waals surface area contributed by atoms with E-state index in [0.29, 0.717) is 27.9 Å². The van der Waals surface area contributed by atoms with Crippen molar-refractivity contribution in [3.05, 3.63) is 70.4 Å². The third-order valence-corrected chi connectivity index (χ3v) is 5.48. The van der Waals surface area contributed by atoms with E-state index in [1.807, 2.05) is 43.3 Å². The van der Waals surface area contributed by atoms with Crippen LogP contribution in [-0.4, -0.2) is 5.78 Å². The molecule has 0 aliphatic carbocycles. The number of allylic oxidation sites excluding steroid dienone is 1. The zero-order chi connectivity index (χ0) is 19.6. The quantitative estimate of drug-likeness (QED) is 0.401. The molecule has 0 N–H and O–H groups in total. The highest BCUT2D eigenvalue weighted by Crippen LogP contribution is 2.25. The molecular formula is C24H26O3. The van der Waals surface area contributed by atoms with Gasteiger partial charge >= 0.3 is 0 Å². The normalized spacial score (nSPS) is 13.6. The molecule has 0 saturated carbocycles. The van der Waals surface area contributed by atoms with E-state index in [1.54, 1.807) is 13.0 Å². The molecule has 2 aromatic carbocycles. The zero-order valence-corrected chi connectivity index (χ0v) is 16.2. The second kappa shape index (κ2) is 7.91. The molecule has 1 heterocycles. The maximum Gasteiger partial charge on any atom is 0.200 e. The molecule has 3 heteroatoms. The summed E-state index contributed by atoms with van der Waals surface area (Å²) in [5.74, 6) is 0.559. The minimum Gasteiger partial charge on any atom is -0.456 e. The van der Waals surface area contributed by atoms with Crippen LogP contribution in [0.4, 0.5) is 0 Å². The lowest BCUT2D eigenvalue weighted by Crippen LogP contribution is -2.16. The molecule has 0 radical (unpaired) electrons. The van der Waals surface area contributed by atoms with E-state index < -0.39 is 0 Å². The third-order valence-electron chi connectivity index (χ3n) is 5.48. The van der Waals surface area contributed by atoms with Crippen molar-refractivity contribution in [3.8, 4) is 0 Å². The topological polar surface area (TPSA) is 47.3 Å². The number of carbonyl (C=O) groups is 1. The van der Waals surface area contributed by atoms with E-state index in [4.69, 9.17) is 4.42 Å². The number of benzene rings is 2. The van der Waals surface area contributed by atoms with Crippen molar-refractivity contribution in [2.24, 2.45) is 11.8 Å². The molecule has 3 aromatic rings. The van der Waals surface area contributed by atoms with E-state index in [-0.39, 0.29) is 17.1 Å². The molecule has 0 amide bonds. The molecular weight excluding hydrogens is 336 g/mol. The summed E-state index contributed by atoms with van der Waals surface area (Å²) in [5, 5.41) is 1.19. The number of para-hydroxylation sites is 1. The molecule has 0 spiro atoms. The first-order valence-corrected chi connectivity index (χ1v) is 9.47. The van der Waals surface area contributed by atoms with Crippen LogP contribution >= 0.6 is 0 Å². The fourth-order valence-electron chi connectivity index (χ4n) is 3.46. The van der Waals surface area contributed by atoms with Crippen LogP contribution in [0.1, 0.15) is 39.2 Å². The first-order valence-electron chi connectivity index (χ1n) is 9.47. The first kappa shape index (κ1) is 19.1. The van der Waals surface area contributed by atoms with Gasteiger partial charge in [-0.15, -0.1) is 0 Å². The van der Waals surface area contributed by atoms with Crippen LogP contribution in [0, 0.1) is 11.8 Å². The Labute approximate surface area is 159 Å². The van der Waals surface area contributed by atoms with Crippen molar-refractivity contribution in [3.63, 3.8) is 0 Å². The standard InChI is InChI=1S/C24H26O3/c1-15(2)16(3)13-19(17(4)25)11-9-18-10-12-23-21(14-18)24(26)20-7-5-6-8-22(20)27-23/h5-8,10,12,14,16,19H,1,9,11,13H2,2-4H3. The second-order valence-corrected chi connectivity index (χ2v) is 7.59. The summed E-state index contributed by atoms with van der Waals surface area (Å²) in [5.41, 5.74) is 3.36. The number of rotatable bonds is 7. The lowest BCUT2D eigenvalue weighted by Gasteiger charge is -2.19. The van der Waals surface area contributed by atoms with Crippen LogP contribution < -0.4 is 5.43 Å². The Hall–Kier alpha value is -2.68. The molecule has 2 unspecified atom stereocenters. The Kier molecular flexibility index (Phi) is 5.59. The summed E-state index contributed by atoms with van der Waals surface area (Å²) in [6.45, 7) is 9.79. The lowest BCUT2D eigenvalue weighted by atomic mass is 9.85. The number of fused-ring (bicyclic) bond motifs is 2. The van der Waals surface area contributed by atoms with Crippen molar-refractivity contribution < 1.29 is 9.21 Å². The van der Waals surface area contributed by atoms with E-state index in [1.165, 1.54) is 0 Å². The van der Waals surface area contributed by atoms with Gasteiger partial charge in [-0.1, -0.05) is 37.3 Å². The summed E-state index contributed by atoms with van der Waals surface area (Å²) >= 11 is 0. The predicted octanol–water partition coefficient (Wildman–Crippen LogP) is 5.69. The Morgan fingerprint density at radius 3 is 2.48 bits per heavy atom. The summed E-state index contributed by atoms with van der Waals surface area (Å²) in [6, 6.07) is 13.1. The maximum absolute atomic E-state index is 12.8. The van der Waals surface area contributed by atoms with Crippen LogP contribution in [-0.2, 0) is 11.2 Å². The van der Waals surface area contributed by atoms with E-state index in [9.17, 15) is 9.59 Å². The molecule has 0 saturated heterocycles. The van der Waals surface area contributed by atoms with Gasteiger partial charge in [0.05, 0.1) is 10.8 Å².